The van der Waals surface area contributed by atoms with Crippen molar-refractivity contribution in [2.24, 2.45) is 5.92 Å². The third kappa shape index (κ3) is 10.2. The highest BCUT2D eigenvalue weighted by Crippen LogP contribution is 2.18. The van der Waals surface area contributed by atoms with E-state index in [0.29, 0.717) is 12.5 Å². The number of hydrogen-bond acceptors (Lipinski definition) is 5. The molecule has 0 unspecified atom stereocenters. The van der Waals surface area contributed by atoms with Crippen LogP contribution in [0.5, 0.6) is 0 Å². The fourth-order valence-corrected chi connectivity index (χ4v) is 3.87. The number of carbonyl (C=O) groups is 2. The van der Waals surface area contributed by atoms with Crippen LogP contribution in [0.1, 0.15) is 34.7 Å². The van der Waals surface area contributed by atoms with E-state index >= 15 is 0 Å². The number of nitrogens with one attached hydrogen (secondary N) is 2. The summed E-state index contributed by atoms with van der Waals surface area (Å²) < 4.78 is 31.7. The van der Waals surface area contributed by atoms with E-state index in [1.54, 1.807) is 11.3 Å². The molecule has 0 aliphatic carbocycles. The van der Waals surface area contributed by atoms with Gasteiger partial charge in [-0.05, 0) is 51.3 Å². The molecule has 1 fully saturated rings. The highest BCUT2D eigenvalue weighted by molar-refractivity contribution is 7.09. The first-order valence-electron chi connectivity index (χ1n) is 10.5. The number of benzene rings is 1. The van der Waals surface area contributed by atoms with Gasteiger partial charge in [-0.1, -0.05) is 29.8 Å². The van der Waals surface area contributed by atoms with Crippen molar-refractivity contribution in [1.82, 2.24) is 20.5 Å². The van der Waals surface area contributed by atoms with Crippen molar-refractivity contribution < 1.29 is 27.9 Å². The van der Waals surface area contributed by atoms with Gasteiger partial charge in [-0.2, -0.15) is 13.2 Å². The number of amides is 2. The summed E-state index contributed by atoms with van der Waals surface area (Å²) in [6.45, 7) is 8.55. The molecule has 0 bridgehead atoms. The van der Waals surface area contributed by atoms with Crippen molar-refractivity contribution in [3.8, 4) is 0 Å². The minimum Gasteiger partial charge on any atom is -0.475 e. The van der Waals surface area contributed by atoms with Gasteiger partial charge in [0.05, 0.1) is 17.2 Å². The molecular formula is C22H29F3N4O3S. The SMILES string of the molecule is Cc1ccc(CN2CCC(CNC(=O)NCc3csc(C)n3)CC2)cc1.O=C(O)C(F)(F)F. The lowest BCUT2D eigenvalue weighted by atomic mass is 9.96. The zero-order valence-corrected chi connectivity index (χ0v) is 19.4. The topological polar surface area (TPSA) is 94.6 Å². The Balaban J connectivity index is 0.000000479. The fraction of sp³-hybridized carbons (Fsp3) is 0.500. The molecule has 33 heavy (non-hydrogen) atoms. The largest absolute Gasteiger partial charge is 0.490 e. The first-order valence-corrected chi connectivity index (χ1v) is 11.4. The third-order valence-corrected chi connectivity index (χ3v) is 5.95. The van der Waals surface area contributed by atoms with E-state index in [4.69, 9.17) is 9.90 Å². The van der Waals surface area contributed by atoms with Gasteiger partial charge in [0.1, 0.15) is 0 Å². The Morgan fingerprint density at radius 1 is 1.15 bits per heavy atom. The lowest BCUT2D eigenvalue weighted by Gasteiger charge is -2.32. The predicted octanol–water partition coefficient (Wildman–Crippen LogP) is 4.10. The third-order valence-electron chi connectivity index (χ3n) is 5.12. The normalized spacial score (nSPS) is 14.8. The predicted molar refractivity (Wildman–Crippen MR) is 120 cm³/mol. The maximum atomic E-state index is 11.9. The summed E-state index contributed by atoms with van der Waals surface area (Å²) in [5.41, 5.74) is 3.61. The van der Waals surface area contributed by atoms with Gasteiger partial charge in [0, 0.05) is 18.5 Å². The maximum Gasteiger partial charge on any atom is 0.490 e. The van der Waals surface area contributed by atoms with Crippen LogP contribution in [0.25, 0.3) is 0 Å². The Morgan fingerprint density at radius 3 is 2.27 bits per heavy atom. The van der Waals surface area contributed by atoms with Crippen LogP contribution in [0, 0.1) is 19.8 Å². The number of carbonyl (C=O) groups excluding carboxylic acids is 1. The molecule has 2 amide bonds. The molecule has 2 heterocycles. The molecule has 7 nitrogen and oxygen atoms in total. The number of carboxylic acid groups (broad SMARTS) is 1. The van der Waals surface area contributed by atoms with Gasteiger partial charge >= 0.3 is 18.2 Å². The molecule has 11 heteroatoms. The molecular weight excluding hydrogens is 457 g/mol. The molecule has 0 radical (unpaired) electrons. The van der Waals surface area contributed by atoms with Gasteiger partial charge < -0.3 is 15.7 Å². The van der Waals surface area contributed by atoms with Crippen molar-refractivity contribution in [2.75, 3.05) is 19.6 Å². The minimum absolute atomic E-state index is 0.0993. The summed E-state index contributed by atoms with van der Waals surface area (Å²) in [5, 5.41) is 16.0. The Morgan fingerprint density at radius 2 is 1.76 bits per heavy atom. The van der Waals surface area contributed by atoms with Gasteiger partial charge in [0.15, 0.2) is 0 Å². The van der Waals surface area contributed by atoms with Crippen LogP contribution >= 0.6 is 11.3 Å². The number of aliphatic carboxylic acids is 1. The number of piperidine rings is 1. The lowest BCUT2D eigenvalue weighted by molar-refractivity contribution is -0.192. The number of halogens is 3. The van der Waals surface area contributed by atoms with Crippen molar-refractivity contribution >= 4 is 23.3 Å². The van der Waals surface area contributed by atoms with E-state index in [9.17, 15) is 18.0 Å². The van der Waals surface area contributed by atoms with Gasteiger partial charge in [-0.25, -0.2) is 14.6 Å². The summed E-state index contributed by atoms with van der Waals surface area (Å²) in [7, 11) is 0. The first-order chi connectivity index (χ1) is 15.5. The lowest BCUT2D eigenvalue weighted by Crippen LogP contribution is -2.41. The highest BCUT2D eigenvalue weighted by Gasteiger charge is 2.38. The number of urea groups is 1. The number of thiazole rings is 1. The second kappa shape index (κ2) is 12.5. The van der Waals surface area contributed by atoms with E-state index < -0.39 is 12.1 Å². The number of rotatable bonds is 6. The van der Waals surface area contributed by atoms with Crippen LogP contribution in [0.4, 0.5) is 18.0 Å². The highest BCUT2D eigenvalue weighted by atomic mass is 32.1. The van der Waals surface area contributed by atoms with Crippen LogP contribution < -0.4 is 10.6 Å². The second-order valence-electron chi connectivity index (χ2n) is 7.93. The Hall–Kier alpha value is -2.66. The van der Waals surface area contributed by atoms with Crippen molar-refractivity contribution in [2.45, 2.75) is 46.0 Å². The quantitative estimate of drug-likeness (QED) is 0.572. The minimum atomic E-state index is -5.08. The van der Waals surface area contributed by atoms with Crippen molar-refractivity contribution in [3.05, 3.63) is 51.5 Å². The van der Waals surface area contributed by atoms with Crippen molar-refractivity contribution in [3.63, 3.8) is 0 Å². The second-order valence-corrected chi connectivity index (χ2v) is 8.99. The van der Waals surface area contributed by atoms with E-state index in [2.05, 4.69) is 51.7 Å². The number of aromatic nitrogens is 1. The van der Waals surface area contributed by atoms with Crippen LogP contribution in [0.2, 0.25) is 0 Å². The summed E-state index contributed by atoms with van der Waals surface area (Å²) in [6.07, 6.45) is -2.81. The number of carboxylic acids is 1. The summed E-state index contributed by atoms with van der Waals surface area (Å²) in [4.78, 5) is 27.7. The van der Waals surface area contributed by atoms with Gasteiger partial charge in [-0.3, -0.25) is 4.90 Å². The monoisotopic (exact) mass is 486 g/mol. The Bertz CT molecular complexity index is 895. The molecule has 0 atom stereocenters. The number of hydrogen-bond donors (Lipinski definition) is 3. The molecule has 3 rings (SSSR count). The number of nitrogens with zero attached hydrogens (tertiary/aromatic N) is 2. The standard InChI is InChI=1S/C20H28N4OS.C2HF3O2/c1-15-3-5-18(6-4-15)13-24-9-7-17(8-10-24)11-21-20(25)22-12-19-14-26-16(2)23-19;3-2(4,5)1(6)7/h3-6,14,17H,7-13H2,1-2H3,(H2,21,22,25);(H,6,7). The molecule has 3 N–H and O–H groups in total. The smallest absolute Gasteiger partial charge is 0.475 e. The van der Waals surface area contributed by atoms with E-state index in [1.807, 2.05) is 12.3 Å². The van der Waals surface area contributed by atoms with Gasteiger partial charge in [0.25, 0.3) is 0 Å². The van der Waals surface area contributed by atoms with Crippen LogP contribution in [0.15, 0.2) is 29.6 Å². The van der Waals surface area contributed by atoms with Crippen LogP contribution in [0.3, 0.4) is 0 Å². The van der Waals surface area contributed by atoms with E-state index in [-0.39, 0.29) is 6.03 Å². The molecule has 1 aliphatic heterocycles. The average Bonchev–Trinajstić information content (AvgIpc) is 3.18. The summed E-state index contributed by atoms with van der Waals surface area (Å²) >= 11 is 1.61. The van der Waals surface area contributed by atoms with Crippen LogP contribution in [-0.2, 0) is 17.9 Å². The Labute approximate surface area is 195 Å². The zero-order chi connectivity index (χ0) is 24.4. The molecule has 1 saturated heterocycles. The van der Waals surface area contributed by atoms with Crippen LogP contribution in [-0.4, -0.2) is 52.8 Å². The molecule has 1 aliphatic rings. The zero-order valence-electron chi connectivity index (χ0n) is 18.6. The van der Waals surface area contributed by atoms with E-state index in [0.717, 1.165) is 49.7 Å². The molecule has 1 aromatic carbocycles. The first kappa shape index (κ1) is 26.6. The molecule has 2 aromatic rings. The van der Waals surface area contributed by atoms with Gasteiger partial charge in [0.2, 0.25) is 0 Å². The molecule has 0 spiro atoms. The Kier molecular flexibility index (Phi) is 10.1. The maximum absolute atomic E-state index is 11.9. The summed E-state index contributed by atoms with van der Waals surface area (Å²) in [6, 6.07) is 8.70. The number of aryl methyl sites for hydroxylation is 2. The average molecular weight is 487 g/mol. The van der Waals surface area contributed by atoms with Crippen molar-refractivity contribution in [1.29, 1.82) is 0 Å². The molecule has 0 saturated carbocycles. The molecule has 1 aromatic heterocycles. The summed E-state index contributed by atoms with van der Waals surface area (Å²) in [5.74, 6) is -2.19. The molecule has 182 valence electrons. The number of alkyl halides is 3. The van der Waals surface area contributed by atoms with Gasteiger partial charge in [-0.15, -0.1) is 11.3 Å². The number of likely N-dealkylation sites (tertiary alicyclic amines) is 1. The fourth-order valence-electron chi connectivity index (χ4n) is 3.26. The van der Waals surface area contributed by atoms with E-state index in [1.165, 1.54) is 11.1 Å².